The highest BCUT2D eigenvalue weighted by Gasteiger charge is 2.27. The first-order chi connectivity index (χ1) is 8.66. The number of aromatic nitrogens is 1. The minimum absolute atomic E-state index is 0.645. The fourth-order valence-corrected chi connectivity index (χ4v) is 2.68. The van der Waals surface area contributed by atoms with Crippen molar-refractivity contribution in [2.24, 2.45) is 10.7 Å². The zero-order valence-corrected chi connectivity index (χ0v) is 12.0. The molecule has 0 aromatic carbocycles. The Morgan fingerprint density at radius 3 is 2.94 bits per heavy atom. The van der Waals surface area contributed by atoms with Crippen LogP contribution < -0.4 is 5.73 Å². The van der Waals surface area contributed by atoms with Gasteiger partial charge in [-0.25, -0.2) is 4.98 Å². The van der Waals surface area contributed by atoms with Crippen molar-refractivity contribution < 1.29 is 0 Å². The number of aliphatic imine (C=N–C) groups is 1. The minimum Gasteiger partial charge on any atom is -0.370 e. The molecule has 0 bridgehead atoms. The molecule has 4 nitrogen and oxygen atoms in total. The monoisotopic (exact) mass is 266 g/mol. The molecule has 100 valence electrons. The van der Waals surface area contributed by atoms with Gasteiger partial charge in [0.15, 0.2) is 5.96 Å². The van der Waals surface area contributed by atoms with E-state index in [0.29, 0.717) is 12.0 Å². The highest BCUT2D eigenvalue weighted by Crippen LogP contribution is 2.24. The molecule has 1 aliphatic rings. The van der Waals surface area contributed by atoms with Crippen molar-refractivity contribution in [3.05, 3.63) is 16.1 Å². The molecule has 0 aliphatic heterocycles. The number of thiazole rings is 1. The maximum absolute atomic E-state index is 5.92. The highest BCUT2D eigenvalue weighted by atomic mass is 32.1. The van der Waals surface area contributed by atoms with Crippen LogP contribution in [0.1, 0.15) is 36.4 Å². The van der Waals surface area contributed by atoms with E-state index in [0.717, 1.165) is 31.5 Å². The fraction of sp³-hybridized carbons (Fsp3) is 0.692. The predicted octanol–water partition coefficient (Wildman–Crippen LogP) is 2.18. The SMILES string of the molecule is Cc1csc(CCCCN=C(N)N(C)C2CC2)n1. The van der Waals surface area contributed by atoms with Gasteiger partial charge >= 0.3 is 0 Å². The van der Waals surface area contributed by atoms with Gasteiger partial charge in [-0.05, 0) is 39.0 Å². The van der Waals surface area contributed by atoms with Gasteiger partial charge in [-0.3, -0.25) is 4.99 Å². The molecule has 1 aromatic heterocycles. The van der Waals surface area contributed by atoms with Crippen molar-refractivity contribution >= 4 is 17.3 Å². The molecule has 1 aliphatic carbocycles. The van der Waals surface area contributed by atoms with Gasteiger partial charge < -0.3 is 10.6 Å². The van der Waals surface area contributed by atoms with Crippen LogP contribution in [0.3, 0.4) is 0 Å². The van der Waals surface area contributed by atoms with Crippen LogP contribution >= 0.6 is 11.3 Å². The Bertz CT molecular complexity index is 409. The predicted molar refractivity (Wildman–Crippen MR) is 77.1 cm³/mol. The number of rotatable bonds is 6. The van der Waals surface area contributed by atoms with Crippen LogP contribution in [0, 0.1) is 6.92 Å². The van der Waals surface area contributed by atoms with Gasteiger partial charge in [0.25, 0.3) is 0 Å². The Morgan fingerprint density at radius 2 is 2.33 bits per heavy atom. The first kappa shape index (κ1) is 13.3. The van der Waals surface area contributed by atoms with E-state index in [-0.39, 0.29) is 0 Å². The zero-order chi connectivity index (χ0) is 13.0. The summed E-state index contributed by atoms with van der Waals surface area (Å²) in [4.78, 5) is 11.0. The molecule has 0 amide bonds. The topological polar surface area (TPSA) is 54.5 Å². The Kier molecular flexibility index (Phi) is 4.58. The van der Waals surface area contributed by atoms with Gasteiger partial charge in [0.2, 0.25) is 0 Å². The zero-order valence-electron chi connectivity index (χ0n) is 11.2. The van der Waals surface area contributed by atoms with E-state index in [9.17, 15) is 0 Å². The van der Waals surface area contributed by atoms with Crippen molar-refractivity contribution in [2.45, 2.75) is 45.1 Å². The van der Waals surface area contributed by atoms with E-state index >= 15 is 0 Å². The van der Waals surface area contributed by atoms with Crippen molar-refractivity contribution in [3.63, 3.8) is 0 Å². The molecule has 0 atom stereocenters. The summed E-state index contributed by atoms with van der Waals surface area (Å²) in [7, 11) is 2.04. The van der Waals surface area contributed by atoms with Crippen molar-refractivity contribution in [2.75, 3.05) is 13.6 Å². The molecule has 5 heteroatoms. The maximum Gasteiger partial charge on any atom is 0.191 e. The summed E-state index contributed by atoms with van der Waals surface area (Å²) in [5.41, 5.74) is 7.05. The van der Waals surface area contributed by atoms with E-state index in [1.165, 1.54) is 17.8 Å². The number of hydrogen-bond donors (Lipinski definition) is 1. The number of guanidine groups is 1. The van der Waals surface area contributed by atoms with Crippen LogP contribution in [0.5, 0.6) is 0 Å². The van der Waals surface area contributed by atoms with Gasteiger partial charge in [0.1, 0.15) is 0 Å². The van der Waals surface area contributed by atoms with Gasteiger partial charge in [-0.15, -0.1) is 11.3 Å². The van der Waals surface area contributed by atoms with E-state index in [2.05, 4.69) is 20.3 Å². The normalized spacial score (nSPS) is 16.0. The van der Waals surface area contributed by atoms with Crippen LogP contribution in [-0.2, 0) is 6.42 Å². The summed E-state index contributed by atoms with van der Waals surface area (Å²) in [6, 6.07) is 0.645. The van der Waals surface area contributed by atoms with E-state index in [1.54, 1.807) is 11.3 Å². The van der Waals surface area contributed by atoms with E-state index < -0.39 is 0 Å². The van der Waals surface area contributed by atoms with Gasteiger partial charge in [0, 0.05) is 30.7 Å². The third-order valence-corrected chi connectivity index (χ3v) is 4.22. The van der Waals surface area contributed by atoms with Crippen LogP contribution in [0.2, 0.25) is 0 Å². The van der Waals surface area contributed by atoms with E-state index in [1.807, 2.05) is 14.0 Å². The first-order valence-electron chi connectivity index (χ1n) is 6.60. The molecule has 18 heavy (non-hydrogen) atoms. The number of unbranched alkanes of at least 4 members (excludes halogenated alkanes) is 1. The third-order valence-electron chi connectivity index (χ3n) is 3.20. The standard InChI is InChI=1S/C13H22N4S/c1-10-9-18-12(16-10)5-3-4-8-15-13(14)17(2)11-6-7-11/h9,11H,3-8H2,1-2H3,(H2,14,15). The molecule has 1 fully saturated rings. The Morgan fingerprint density at radius 1 is 1.56 bits per heavy atom. The van der Waals surface area contributed by atoms with Crippen molar-refractivity contribution in [3.8, 4) is 0 Å². The van der Waals surface area contributed by atoms with Gasteiger partial charge in [-0.2, -0.15) is 0 Å². The first-order valence-corrected chi connectivity index (χ1v) is 7.48. The van der Waals surface area contributed by atoms with Crippen LogP contribution in [0.4, 0.5) is 0 Å². The summed E-state index contributed by atoms with van der Waals surface area (Å²) < 4.78 is 0. The molecular weight excluding hydrogens is 244 g/mol. The quantitative estimate of drug-likeness (QED) is 0.488. The third kappa shape index (κ3) is 3.98. The smallest absolute Gasteiger partial charge is 0.191 e. The Hall–Kier alpha value is -1.10. The second kappa shape index (κ2) is 6.18. The molecule has 0 radical (unpaired) electrons. The molecule has 1 heterocycles. The molecule has 0 spiro atoms. The Balaban J connectivity index is 1.61. The summed E-state index contributed by atoms with van der Waals surface area (Å²) in [6.45, 7) is 2.87. The lowest BCUT2D eigenvalue weighted by Gasteiger charge is -2.16. The van der Waals surface area contributed by atoms with Crippen LogP contribution in [-0.4, -0.2) is 35.5 Å². The molecule has 1 aromatic rings. The average molecular weight is 266 g/mol. The highest BCUT2D eigenvalue weighted by molar-refractivity contribution is 7.09. The lowest BCUT2D eigenvalue weighted by atomic mass is 10.2. The molecule has 1 saturated carbocycles. The van der Waals surface area contributed by atoms with Gasteiger partial charge in [-0.1, -0.05) is 0 Å². The molecule has 2 N–H and O–H groups in total. The van der Waals surface area contributed by atoms with E-state index in [4.69, 9.17) is 5.73 Å². The lowest BCUT2D eigenvalue weighted by Crippen LogP contribution is -2.35. The lowest BCUT2D eigenvalue weighted by molar-refractivity contribution is 0.487. The largest absolute Gasteiger partial charge is 0.370 e. The summed E-state index contributed by atoms with van der Waals surface area (Å²) in [6.07, 6.45) is 5.80. The number of nitrogens with two attached hydrogens (primary N) is 1. The van der Waals surface area contributed by atoms with Crippen molar-refractivity contribution in [1.29, 1.82) is 0 Å². The fourth-order valence-electron chi connectivity index (χ4n) is 1.86. The summed E-state index contributed by atoms with van der Waals surface area (Å²) in [5.74, 6) is 0.697. The van der Waals surface area contributed by atoms with Crippen LogP contribution in [0.25, 0.3) is 0 Å². The second-order valence-corrected chi connectivity index (χ2v) is 5.86. The molecule has 0 unspecified atom stereocenters. The second-order valence-electron chi connectivity index (χ2n) is 4.92. The number of aryl methyl sites for hydroxylation is 2. The molecule has 0 saturated heterocycles. The average Bonchev–Trinajstić information content (AvgIpc) is 3.12. The number of hydrogen-bond acceptors (Lipinski definition) is 3. The summed E-state index contributed by atoms with van der Waals surface area (Å²) >= 11 is 1.75. The Labute approximate surface area is 113 Å². The molecule has 2 rings (SSSR count). The summed E-state index contributed by atoms with van der Waals surface area (Å²) in [5, 5.41) is 3.34. The van der Waals surface area contributed by atoms with Crippen molar-refractivity contribution in [1.82, 2.24) is 9.88 Å². The van der Waals surface area contributed by atoms with Gasteiger partial charge in [0.05, 0.1) is 5.01 Å². The minimum atomic E-state index is 0.645. The molecular formula is C13H22N4S. The van der Waals surface area contributed by atoms with Crippen LogP contribution in [0.15, 0.2) is 10.4 Å². The number of nitrogens with zero attached hydrogens (tertiary/aromatic N) is 3. The maximum atomic E-state index is 5.92.